The number of nitrogens with zero attached hydrogens (tertiary/aromatic N) is 1. The number of rotatable bonds is 7. The summed E-state index contributed by atoms with van der Waals surface area (Å²) in [6, 6.07) is 4.97. The molecule has 0 fully saturated rings. The van der Waals surface area contributed by atoms with Crippen LogP contribution >= 0.6 is 11.3 Å². The zero-order chi connectivity index (χ0) is 11.1. The van der Waals surface area contributed by atoms with Gasteiger partial charge in [0.15, 0.2) is 0 Å². The molecule has 0 amide bonds. The first-order valence-electron chi connectivity index (χ1n) is 5.66. The van der Waals surface area contributed by atoms with E-state index in [4.69, 9.17) is 5.73 Å². The molecule has 0 spiro atoms. The molecule has 1 unspecified atom stereocenters. The zero-order valence-corrected chi connectivity index (χ0v) is 10.6. The van der Waals surface area contributed by atoms with Gasteiger partial charge < -0.3 is 10.6 Å². The minimum atomic E-state index is 0.626. The van der Waals surface area contributed by atoms with E-state index in [1.54, 1.807) is 0 Å². The standard InChI is InChI=1S/C12H22N2S/c1-11(10-12-6-5-9-15-12)14(2)8-4-3-7-13/h5-6,9,11H,3-4,7-8,10,13H2,1-2H3. The lowest BCUT2D eigenvalue weighted by Crippen LogP contribution is -2.31. The van der Waals surface area contributed by atoms with E-state index >= 15 is 0 Å². The molecule has 2 N–H and O–H groups in total. The fraction of sp³-hybridized carbons (Fsp3) is 0.667. The first kappa shape index (κ1) is 12.7. The Bertz CT molecular complexity index is 246. The second-order valence-electron chi connectivity index (χ2n) is 4.11. The predicted octanol–water partition coefficient (Wildman–Crippen LogP) is 2.35. The van der Waals surface area contributed by atoms with Crippen molar-refractivity contribution in [1.82, 2.24) is 4.90 Å². The van der Waals surface area contributed by atoms with Gasteiger partial charge in [-0.05, 0) is 57.8 Å². The van der Waals surface area contributed by atoms with Crippen LogP contribution in [0.4, 0.5) is 0 Å². The summed E-state index contributed by atoms with van der Waals surface area (Å²) in [7, 11) is 2.20. The molecule has 0 aliphatic rings. The normalized spacial score (nSPS) is 13.3. The zero-order valence-electron chi connectivity index (χ0n) is 9.78. The second-order valence-corrected chi connectivity index (χ2v) is 5.14. The molecule has 86 valence electrons. The molecular weight excluding hydrogens is 204 g/mol. The Kier molecular flexibility index (Phi) is 5.91. The van der Waals surface area contributed by atoms with Crippen LogP contribution in [0.25, 0.3) is 0 Å². The van der Waals surface area contributed by atoms with Gasteiger partial charge in [0.05, 0.1) is 0 Å². The van der Waals surface area contributed by atoms with Crippen molar-refractivity contribution in [2.45, 2.75) is 32.2 Å². The summed E-state index contributed by atoms with van der Waals surface area (Å²) in [5.74, 6) is 0. The van der Waals surface area contributed by atoms with Gasteiger partial charge >= 0.3 is 0 Å². The van der Waals surface area contributed by atoms with Gasteiger partial charge in [-0.2, -0.15) is 0 Å². The molecule has 1 aromatic rings. The molecule has 15 heavy (non-hydrogen) atoms. The van der Waals surface area contributed by atoms with E-state index in [9.17, 15) is 0 Å². The quantitative estimate of drug-likeness (QED) is 0.723. The first-order chi connectivity index (χ1) is 7.24. The highest BCUT2D eigenvalue weighted by Gasteiger charge is 2.09. The van der Waals surface area contributed by atoms with Crippen LogP contribution in [0.1, 0.15) is 24.6 Å². The highest BCUT2D eigenvalue weighted by Crippen LogP contribution is 2.13. The predicted molar refractivity (Wildman–Crippen MR) is 68.4 cm³/mol. The lowest BCUT2D eigenvalue weighted by molar-refractivity contribution is 0.253. The molecule has 1 atom stereocenters. The third-order valence-electron chi connectivity index (χ3n) is 2.79. The highest BCUT2D eigenvalue weighted by atomic mass is 32.1. The van der Waals surface area contributed by atoms with Gasteiger partial charge in [-0.15, -0.1) is 11.3 Å². The van der Waals surface area contributed by atoms with E-state index in [2.05, 4.69) is 36.4 Å². The highest BCUT2D eigenvalue weighted by molar-refractivity contribution is 7.09. The molecule has 0 saturated heterocycles. The average molecular weight is 226 g/mol. The molecule has 0 aliphatic carbocycles. The summed E-state index contributed by atoms with van der Waals surface area (Å²) in [5.41, 5.74) is 5.48. The summed E-state index contributed by atoms with van der Waals surface area (Å²) in [6.45, 7) is 4.26. The van der Waals surface area contributed by atoms with Crippen LogP contribution in [-0.2, 0) is 6.42 Å². The number of hydrogen-bond donors (Lipinski definition) is 1. The van der Waals surface area contributed by atoms with Gasteiger partial charge in [0.1, 0.15) is 0 Å². The number of nitrogens with two attached hydrogens (primary N) is 1. The van der Waals surface area contributed by atoms with Gasteiger partial charge in [-0.1, -0.05) is 6.07 Å². The van der Waals surface area contributed by atoms with Crippen molar-refractivity contribution in [2.75, 3.05) is 20.1 Å². The summed E-state index contributed by atoms with van der Waals surface area (Å²) >= 11 is 1.85. The monoisotopic (exact) mass is 226 g/mol. The molecule has 2 nitrogen and oxygen atoms in total. The van der Waals surface area contributed by atoms with E-state index in [0.717, 1.165) is 25.9 Å². The van der Waals surface area contributed by atoms with E-state index in [0.29, 0.717) is 6.04 Å². The van der Waals surface area contributed by atoms with E-state index < -0.39 is 0 Å². The Labute approximate surface area is 97.1 Å². The van der Waals surface area contributed by atoms with Crippen molar-refractivity contribution in [3.63, 3.8) is 0 Å². The molecule has 0 radical (unpaired) electrons. The van der Waals surface area contributed by atoms with E-state index in [-0.39, 0.29) is 0 Å². The molecule has 3 heteroatoms. The van der Waals surface area contributed by atoms with Gasteiger partial charge in [0, 0.05) is 10.9 Å². The van der Waals surface area contributed by atoms with Crippen LogP contribution in [0.5, 0.6) is 0 Å². The Balaban J connectivity index is 2.23. The largest absolute Gasteiger partial charge is 0.330 e. The van der Waals surface area contributed by atoms with Gasteiger partial charge in [-0.25, -0.2) is 0 Å². The van der Waals surface area contributed by atoms with Crippen molar-refractivity contribution in [1.29, 1.82) is 0 Å². The fourth-order valence-corrected chi connectivity index (χ4v) is 2.43. The maximum atomic E-state index is 5.48. The molecule has 0 aromatic carbocycles. The van der Waals surface area contributed by atoms with E-state index in [1.165, 1.54) is 11.3 Å². The van der Waals surface area contributed by atoms with Crippen molar-refractivity contribution in [3.05, 3.63) is 22.4 Å². The van der Waals surface area contributed by atoms with Crippen molar-refractivity contribution < 1.29 is 0 Å². The molecule has 1 heterocycles. The van der Waals surface area contributed by atoms with Gasteiger partial charge in [0.2, 0.25) is 0 Å². The van der Waals surface area contributed by atoms with Crippen LogP contribution in [0.2, 0.25) is 0 Å². The van der Waals surface area contributed by atoms with Crippen LogP contribution in [0, 0.1) is 0 Å². The summed E-state index contributed by atoms with van der Waals surface area (Å²) in [6.07, 6.45) is 3.51. The fourth-order valence-electron chi connectivity index (χ4n) is 1.60. The first-order valence-corrected chi connectivity index (χ1v) is 6.54. The van der Waals surface area contributed by atoms with Gasteiger partial charge in [0.25, 0.3) is 0 Å². The number of hydrogen-bond acceptors (Lipinski definition) is 3. The molecule has 0 aliphatic heterocycles. The van der Waals surface area contributed by atoms with Crippen molar-refractivity contribution in [3.8, 4) is 0 Å². The summed E-state index contributed by atoms with van der Waals surface area (Å²) in [5, 5.41) is 2.15. The smallest absolute Gasteiger partial charge is 0.0112 e. The maximum absolute atomic E-state index is 5.48. The molecule has 1 aromatic heterocycles. The van der Waals surface area contributed by atoms with Crippen molar-refractivity contribution >= 4 is 11.3 Å². The van der Waals surface area contributed by atoms with Crippen LogP contribution in [-0.4, -0.2) is 31.1 Å². The Morgan fingerprint density at radius 1 is 1.47 bits per heavy atom. The molecule has 1 rings (SSSR count). The average Bonchev–Trinajstić information content (AvgIpc) is 2.70. The van der Waals surface area contributed by atoms with E-state index in [1.807, 2.05) is 11.3 Å². The molecular formula is C12H22N2S. The topological polar surface area (TPSA) is 29.3 Å². The minimum Gasteiger partial charge on any atom is -0.330 e. The lowest BCUT2D eigenvalue weighted by Gasteiger charge is -2.24. The Morgan fingerprint density at radius 2 is 2.27 bits per heavy atom. The SMILES string of the molecule is CC(Cc1cccs1)N(C)CCCCN. The second kappa shape index (κ2) is 6.99. The Hall–Kier alpha value is -0.380. The third-order valence-corrected chi connectivity index (χ3v) is 3.69. The molecule has 0 bridgehead atoms. The number of unbranched alkanes of at least 4 members (excludes halogenated alkanes) is 1. The van der Waals surface area contributed by atoms with Crippen LogP contribution in [0.15, 0.2) is 17.5 Å². The summed E-state index contributed by atoms with van der Waals surface area (Å²) < 4.78 is 0. The maximum Gasteiger partial charge on any atom is 0.0112 e. The Morgan fingerprint density at radius 3 is 2.87 bits per heavy atom. The lowest BCUT2D eigenvalue weighted by atomic mass is 10.1. The minimum absolute atomic E-state index is 0.626. The number of likely N-dealkylation sites (N-methyl/N-ethyl adjacent to an activating group) is 1. The van der Waals surface area contributed by atoms with Crippen LogP contribution < -0.4 is 5.73 Å². The van der Waals surface area contributed by atoms with Crippen LogP contribution in [0.3, 0.4) is 0 Å². The number of thiophene rings is 1. The summed E-state index contributed by atoms with van der Waals surface area (Å²) in [4.78, 5) is 3.91. The third kappa shape index (κ3) is 4.78. The van der Waals surface area contributed by atoms with Gasteiger partial charge in [-0.3, -0.25) is 0 Å². The molecule has 0 saturated carbocycles. The van der Waals surface area contributed by atoms with Crippen molar-refractivity contribution in [2.24, 2.45) is 5.73 Å².